The fraction of sp³-hybridized carbons (Fsp3) is 0.182. The number of ether oxygens (including phenoxy) is 2. The second kappa shape index (κ2) is 9.25. The lowest BCUT2D eigenvalue weighted by Crippen LogP contribution is -2.13. The van der Waals surface area contributed by atoms with Crippen molar-refractivity contribution in [3.05, 3.63) is 64.4 Å². The van der Waals surface area contributed by atoms with Crippen molar-refractivity contribution < 1.29 is 24.2 Å². The van der Waals surface area contributed by atoms with Gasteiger partial charge in [-0.25, -0.2) is 4.79 Å². The maximum atomic E-state index is 12.2. The Morgan fingerprint density at radius 2 is 1.66 bits per heavy atom. The van der Waals surface area contributed by atoms with Crippen LogP contribution in [0.15, 0.2) is 53.9 Å². The second-order valence-corrected chi connectivity index (χ2v) is 7.17. The van der Waals surface area contributed by atoms with Crippen molar-refractivity contribution in [2.75, 3.05) is 19.5 Å². The first-order valence-electron chi connectivity index (χ1n) is 8.94. The van der Waals surface area contributed by atoms with Crippen LogP contribution in [0.2, 0.25) is 0 Å². The Labute approximate surface area is 172 Å². The van der Waals surface area contributed by atoms with Crippen molar-refractivity contribution in [1.29, 1.82) is 0 Å². The van der Waals surface area contributed by atoms with Crippen molar-refractivity contribution in [1.82, 2.24) is 0 Å². The SMILES string of the molecule is COc1cccc(OC)c1-c1ccc(CCC(=O)Nc2ccsc2C(=O)O)cc1. The highest BCUT2D eigenvalue weighted by molar-refractivity contribution is 7.12. The van der Waals surface area contributed by atoms with Crippen molar-refractivity contribution in [3.63, 3.8) is 0 Å². The van der Waals surface area contributed by atoms with Crippen LogP contribution in [0.25, 0.3) is 11.1 Å². The summed E-state index contributed by atoms with van der Waals surface area (Å²) >= 11 is 1.08. The Kier molecular flexibility index (Phi) is 6.51. The Morgan fingerprint density at radius 1 is 1.00 bits per heavy atom. The average Bonchev–Trinajstić information content (AvgIpc) is 3.20. The summed E-state index contributed by atoms with van der Waals surface area (Å²) in [6, 6.07) is 15.1. The normalized spacial score (nSPS) is 10.4. The molecule has 0 aliphatic heterocycles. The molecular weight excluding hydrogens is 390 g/mol. The summed E-state index contributed by atoms with van der Waals surface area (Å²) in [7, 11) is 3.24. The maximum Gasteiger partial charge on any atom is 0.348 e. The number of amides is 1. The van der Waals surface area contributed by atoms with Crippen LogP contribution in [0, 0.1) is 0 Å². The smallest absolute Gasteiger partial charge is 0.348 e. The molecule has 0 saturated heterocycles. The number of aryl methyl sites for hydroxylation is 1. The molecule has 1 heterocycles. The van der Waals surface area contributed by atoms with Gasteiger partial charge in [-0.3, -0.25) is 4.79 Å². The summed E-state index contributed by atoms with van der Waals surface area (Å²) in [6.45, 7) is 0. The standard InChI is InChI=1S/C22H21NO5S/c1-27-17-4-3-5-18(28-2)20(17)15-9-6-14(7-10-15)8-11-19(24)23-16-12-13-29-21(16)22(25)26/h3-7,9-10,12-13H,8,11H2,1-2H3,(H,23,24)(H,25,26). The van der Waals surface area contributed by atoms with Crippen molar-refractivity contribution in [2.24, 2.45) is 0 Å². The summed E-state index contributed by atoms with van der Waals surface area (Å²) in [4.78, 5) is 23.4. The van der Waals surface area contributed by atoms with E-state index in [2.05, 4.69) is 5.32 Å². The molecule has 2 N–H and O–H groups in total. The fourth-order valence-electron chi connectivity index (χ4n) is 3.02. The van der Waals surface area contributed by atoms with E-state index in [1.54, 1.807) is 25.7 Å². The lowest BCUT2D eigenvalue weighted by molar-refractivity contribution is -0.116. The molecule has 0 aliphatic carbocycles. The minimum atomic E-state index is -1.04. The van der Waals surface area contributed by atoms with Crippen LogP contribution >= 0.6 is 11.3 Å². The van der Waals surface area contributed by atoms with Gasteiger partial charge in [-0.05, 0) is 41.1 Å². The molecule has 0 atom stereocenters. The number of aromatic carboxylic acids is 1. The van der Waals surface area contributed by atoms with Crippen LogP contribution in [0.1, 0.15) is 21.7 Å². The summed E-state index contributed by atoms with van der Waals surface area (Å²) in [6.07, 6.45) is 0.800. The lowest BCUT2D eigenvalue weighted by Gasteiger charge is -2.13. The van der Waals surface area contributed by atoms with Gasteiger partial charge in [-0.15, -0.1) is 11.3 Å². The summed E-state index contributed by atoms with van der Waals surface area (Å²) in [5.74, 6) is 0.182. The van der Waals surface area contributed by atoms with E-state index in [1.807, 2.05) is 42.5 Å². The molecule has 2 aromatic carbocycles. The van der Waals surface area contributed by atoms with E-state index in [9.17, 15) is 9.59 Å². The quantitative estimate of drug-likeness (QED) is 0.561. The molecule has 0 spiro atoms. The Hall–Kier alpha value is -3.32. The van der Waals surface area contributed by atoms with E-state index in [1.165, 1.54) is 0 Å². The van der Waals surface area contributed by atoms with Crippen molar-refractivity contribution in [3.8, 4) is 22.6 Å². The van der Waals surface area contributed by atoms with Gasteiger partial charge in [0.05, 0.1) is 25.5 Å². The molecule has 150 valence electrons. The number of rotatable bonds is 8. The lowest BCUT2D eigenvalue weighted by atomic mass is 10.0. The molecule has 6 nitrogen and oxygen atoms in total. The van der Waals surface area contributed by atoms with Gasteiger partial charge < -0.3 is 19.9 Å². The van der Waals surface area contributed by atoms with Gasteiger partial charge in [0, 0.05) is 6.42 Å². The molecule has 3 rings (SSSR count). The third-order valence-electron chi connectivity index (χ3n) is 4.44. The van der Waals surface area contributed by atoms with Crippen LogP contribution in [0.3, 0.4) is 0 Å². The minimum Gasteiger partial charge on any atom is -0.496 e. The largest absolute Gasteiger partial charge is 0.496 e. The van der Waals surface area contributed by atoms with Gasteiger partial charge in [0.1, 0.15) is 16.4 Å². The molecule has 0 radical (unpaired) electrons. The molecule has 7 heteroatoms. The van der Waals surface area contributed by atoms with Gasteiger partial charge in [-0.1, -0.05) is 30.3 Å². The number of carbonyl (C=O) groups excluding carboxylic acids is 1. The number of nitrogens with one attached hydrogen (secondary N) is 1. The third kappa shape index (κ3) is 4.75. The van der Waals surface area contributed by atoms with E-state index in [4.69, 9.17) is 14.6 Å². The predicted octanol–water partition coefficient (Wildman–Crippen LogP) is 4.70. The Morgan fingerprint density at radius 3 is 2.24 bits per heavy atom. The second-order valence-electron chi connectivity index (χ2n) is 6.25. The van der Waals surface area contributed by atoms with Gasteiger partial charge in [0.2, 0.25) is 5.91 Å². The first-order valence-corrected chi connectivity index (χ1v) is 9.82. The number of carboxylic acids is 1. The van der Waals surface area contributed by atoms with Crippen LogP contribution in [-0.4, -0.2) is 31.2 Å². The number of anilines is 1. The first-order chi connectivity index (χ1) is 14.0. The van der Waals surface area contributed by atoms with Gasteiger partial charge in [0.15, 0.2) is 0 Å². The number of methoxy groups -OCH3 is 2. The number of carboxylic acid groups (broad SMARTS) is 1. The van der Waals surface area contributed by atoms with E-state index in [-0.39, 0.29) is 17.2 Å². The molecule has 1 amide bonds. The van der Waals surface area contributed by atoms with Crippen molar-refractivity contribution in [2.45, 2.75) is 12.8 Å². The molecule has 3 aromatic rings. The van der Waals surface area contributed by atoms with Gasteiger partial charge in [0.25, 0.3) is 0 Å². The number of hydrogen-bond acceptors (Lipinski definition) is 5. The maximum absolute atomic E-state index is 12.2. The molecule has 0 unspecified atom stereocenters. The molecule has 0 bridgehead atoms. The van der Waals surface area contributed by atoms with Crippen LogP contribution in [0.5, 0.6) is 11.5 Å². The van der Waals surface area contributed by atoms with Crippen LogP contribution < -0.4 is 14.8 Å². The number of thiophene rings is 1. The van der Waals surface area contributed by atoms with Crippen molar-refractivity contribution >= 4 is 28.9 Å². The number of carbonyl (C=O) groups is 2. The summed E-state index contributed by atoms with van der Waals surface area (Å²) < 4.78 is 10.9. The zero-order valence-corrected chi connectivity index (χ0v) is 16.9. The monoisotopic (exact) mass is 411 g/mol. The van der Waals surface area contributed by atoms with Crippen LogP contribution in [0.4, 0.5) is 5.69 Å². The molecule has 29 heavy (non-hydrogen) atoms. The number of hydrogen-bond donors (Lipinski definition) is 2. The Bertz CT molecular complexity index is 988. The summed E-state index contributed by atoms with van der Waals surface area (Å²) in [5, 5.41) is 13.4. The minimum absolute atomic E-state index is 0.133. The van der Waals surface area contributed by atoms with E-state index < -0.39 is 5.97 Å². The molecule has 1 aromatic heterocycles. The topological polar surface area (TPSA) is 84.9 Å². The number of benzene rings is 2. The highest BCUT2D eigenvalue weighted by atomic mass is 32.1. The molecule has 0 aliphatic rings. The zero-order valence-electron chi connectivity index (χ0n) is 16.1. The summed E-state index contributed by atoms with van der Waals surface area (Å²) in [5.41, 5.74) is 3.17. The van der Waals surface area contributed by atoms with E-state index in [0.29, 0.717) is 12.1 Å². The van der Waals surface area contributed by atoms with Gasteiger partial charge >= 0.3 is 5.97 Å². The first kappa shape index (κ1) is 20.4. The van der Waals surface area contributed by atoms with E-state index >= 15 is 0 Å². The third-order valence-corrected chi connectivity index (χ3v) is 5.35. The highest BCUT2D eigenvalue weighted by Gasteiger charge is 2.15. The predicted molar refractivity (Wildman–Crippen MR) is 113 cm³/mol. The Balaban J connectivity index is 1.66. The van der Waals surface area contributed by atoms with E-state index in [0.717, 1.165) is 39.5 Å². The highest BCUT2D eigenvalue weighted by Crippen LogP contribution is 2.38. The fourth-order valence-corrected chi connectivity index (χ4v) is 3.70. The molecule has 0 fully saturated rings. The molecule has 0 saturated carbocycles. The van der Waals surface area contributed by atoms with Gasteiger partial charge in [-0.2, -0.15) is 0 Å². The van der Waals surface area contributed by atoms with Crippen LogP contribution in [-0.2, 0) is 11.2 Å². The molecular formula is C22H21NO5S. The zero-order chi connectivity index (χ0) is 20.8. The average molecular weight is 411 g/mol.